The van der Waals surface area contributed by atoms with Crippen LogP contribution in [0.5, 0.6) is 0 Å². The van der Waals surface area contributed by atoms with Gasteiger partial charge in [-0.15, -0.1) is 0 Å². The van der Waals surface area contributed by atoms with Gasteiger partial charge in [-0.3, -0.25) is 4.90 Å². The van der Waals surface area contributed by atoms with E-state index in [1.807, 2.05) is 12.1 Å². The van der Waals surface area contributed by atoms with E-state index in [0.717, 1.165) is 25.2 Å². The second-order valence-corrected chi connectivity index (χ2v) is 8.19. The van der Waals surface area contributed by atoms with Crippen LogP contribution in [0.3, 0.4) is 0 Å². The number of rotatable bonds is 13. The number of benzene rings is 1. The zero-order valence-electron chi connectivity index (χ0n) is 19.5. The van der Waals surface area contributed by atoms with Crippen molar-refractivity contribution < 1.29 is 0 Å². The maximum Gasteiger partial charge on any atom is 0.0991 e. The lowest BCUT2D eigenvalue weighted by Crippen LogP contribution is -2.30. The Labute approximate surface area is 175 Å². The van der Waals surface area contributed by atoms with E-state index in [1.54, 1.807) is 0 Å². The van der Waals surface area contributed by atoms with Crippen molar-refractivity contribution in [2.75, 3.05) is 32.7 Å². The molecule has 0 aromatic heterocycles. The molecule has 0 heterocycles. The number of nitrogens with zero attached hydrogens (tertiary/aromatic N) is 3. The van der Waals surface area contributed by atoms with Gasteiger partial charge in [0, 0.05) is 13.1 Å². The van der Waals surface area contributed by atoms with Crippen molar-refractivity contribution in [2.24, 2.45) is 5.92 Å². The highest BCUT2D eigenvalue weighted by Gasteiger charge is 2.09. The van der Waals surface area contributed by atoms with Crippen LogP contribution >= 0.6 is 0 Å². The van der Waals surface area contributed by atoms with Crippen molar-refractivity contribution in [3.05, 3.63) is 35.4 Å². The van der Waals surface area contributed by atoms with Gasteiger partial charge in [0.15, 0.2) is 0 Å². The Balaban J connectivity index is 0.00000227. The minimum atomic E-state index is 0.676. The van der Waals surface area contributed by atoms with Crippen LogP contribution in [0.2, 0.25) is 0 Å². The fourth-order valence-corrected chi connectivity index (χ4v) is 3.33. The van der Waals surface area contributed by atoms with Crippen LogP contribution < -0.4 is 0 Å². The molecule has 0 N–H and O–H groups in total. The van der Waals surface area contributed by atoms with Crippen LogP contribution in [-0.2, 0) is 6.54 Å². The lowest BCUT2D eigenvalue weighted by molar-refractivity contribution is 0.218. The van der Waals surface area contributed by atoms with Gasteiger partial charge in [-0.05, 0) is 75.5 Å². The lowest BCUT2D eigenvalue weighted by Gasteiger charge is -2.25. The molecule has 0 saturated heterocycles. The van der Waals surface area contributed by atoms with E-state index >= 15 is 0 Å². The van der Waals surface area contributed by atoms with E-state index < -0.39 is 0 Å². The molecule has 160 valence electrons. The third-order valence-corrected chi connectivity index (χ3v) is 4.39. The first-order chi connectivity index (χ1) is 13.5. The van der Waals surface area contributed by atoms with Gasteiger partial charge in [-0.25, -0.2) is 0 Å². The van der Waals surface area contributed by atoms with Crippen molar-refractivity contribution in [3.8, 4) is 6.07 Å². The third kappa shape index (κ3) is 13.7. The van der Waals surface area contributed by atoms with Crippen LogP contribution in [0.1, 0.15) is 84.8 Å². The topological polar surface area (TPSA) is 30.3 Å². The van der Waals surface area contributed by atoms with Crippen LogP contribution in [0.4, 0.5) is 0 Å². The molecule has 0 aliphatic heterocycles. The van der Waals surface area contributed by atoms with Gasteiger partial charge in [-0.1, -0.05) is 60.1 Å². The second-order valence-electron chi connectivity index (χ2n) is 8.19. The summed E-state index contributed by atoms with van der Waals surface area (Å²) in [5.41, 5.74) is 2.05. The number of nitriles is 1. The minimum absolute atomic E-state index is 0.676. The van der Waals surface area contributed by atoms with E-state index in [0.29, 0.717) is 5.92 Å². The summed E-state index contributed by atoms with van der Waals surface area (Å²) >= 11 is 0. The maximum atomic E-state index is 8.93. The smallest absolute Gasteiger partial charge is 0.0991 e. The van der Waals surface area contributed by atoms with Gasteiger partial charge in [0.2, 0.25) is 0 Å². The quantitative estimate of drug-likeness (QED) is 0.370. The van der Waals surface area contributed by atoms with Crippen molar-refractivity contribution in [2.45, 2.75) is 80.2 Å². The number of hydrogen-bond acceptors (Lipinski definition) is 3. The molecule has 0 spiro atoms. The van der Waals surface area contributed by atoms with Gasteiger partial charge in [0.05, 0.1) is 11.6 Å². The summed E-state index contributed by atoms with van der Waals surface area (Å²) in [6, 6.07) is 10.2. The van der Waals surface area contributed by atoms with E-state index in [-0.39, 0.29) is 0 Å². The van der Waals surface area contributed by atoms with Gasteiger partial charge in [0.1, 0.15) is 0 Å². The first-order valence-electron chi connectivity index (χ1n) is 11.4. The van der Waals surface area contributed by atoms with Gasteiger partial charge < -0.3 is 4.90 Å². The Kier molecular flexibility index (Phi) is 16.8. The second kappa shape index (κ2) is 17.7. The third-order valence-electron chi connectivity index (χ3n) is 4.39. The lowest BCUT2D eigenvalue weighted by atomic mass is 10.1. The molecule has 28 heavy (non-hydrogen) atoms. The predicted molar refractivity (Wildman–Crippen MR) is 123 cm³/mol. The van der Waals surface area contributed by atoms with Crippen LogP contribution in [-0.4, -0.2) is 42.5 Å². The predicted octanol–water partition coefficient (Wildman–Crippen LogP) is 6.33. The van der Waals surface area contributed by atoms with Crippen molar-refractivity contribution in [1.29, 1.82) is 5.26 Å². The molecule has 1 aromatic rings. The highest BCUT2D eigenvalue weighted by atomic mass is 15.1. The molecule has 0 amide bonds. The molecule has 1 aromatic carbocycles. The van der Waals surface area contributed by atoms with Gasteiger partial charge in [0.25, 0.3) is 0 Å². The van der Waals surface area contributed by atoms with Gasteiger partial charge >= 0.3 is 0 Å². The summed E-state index contributed by atoms with van der Waals surface area (Å²) in [5.74, 6) is 0.676. The van der Waals surface area contributed by atoms with Crippen LogP contribution in [0.25, 0.3) is 0 Å². The molecule has 1 rings (SSSR count). The largest absolute Gasteiger partial charge is 0.303 e. The van der Waals surface area contributed by atoms with Crippen molar-refractivity contribution in [1.82, 2.24) is 9.80 Å². The van der Waals surface area contributed by atoms with E-state index in [1.165, 1.54) is 57.3 Å². The van der Waals surface area contributed by atoms with E-state index in [9.17, 15) is 0 Å². The molecule has 0 aliphatic carbocycles. The van der Waals surface area contributed by atoms with Crippen LogP contribution in [0, 0.1) is 17.2 Å². The summed E-state index contributed by atoms with van der Waals surface area (Å²) in [4.78, 5) is 5.17. The molecule has 0 aliphatic rings. The van der Waals surface area contributed by atoms with Crippen molar-refractivity contribution in [3.63, 3.8) is 0 Å². The normalized spacial score (nSPS) is 10.9. The Morgan fingerprint density at radius 3 is 1.75 bits per heavy atom. The molecule has 0 atom stereocenters. The molecule has 3 heteroatoms. The number of hydrogen-bond donors (Lipinski definition) is 0. The highest BCUT2D eigenvalue weighted by molar-refractivity contribution is 5.31. The standard InChI is InChI=1S/C22H37N3.C3H8/c1-5-13-24(14-6-2)15-7-8-16-25(18-20(3)4)19-22-11-9-21(17-23)10-12-22;1-3-2/h9-12,20H,5-8,13-16,18-19H2,1-4H3;3H2,1-2H3. The SMILES string of the molecule is CCC.CCCN(CCC)CCCCN(Cc1ccc(C#N)cc1)CC(C)C. The Morgan fingerprint density at radius 1 is 0.821 bits per heavy atom. The first-order valence-corrected chi connectivity index (χ1v) is 11.4. The average Bonchev–Trinajstić information content (AvgIpc) is 2.66. The minimum Gasteiger partial charge on any atom is -0.303 e. The molecule has 0 fully saturated rings. The summed E-state index contributed by atoms with van der Waals surface area (Å²) in [6.07, 6.45) is 6.28. The zero-order chi connectivity index (χ0) is 21.2. The molecule has 0 saturated carbocycles. The molecular formula is C25H45N3. The molecule has 3 nitrogen and oxygen atoms in total. The summed E-state index contributed by atoms with van der Waals surface area (Å²) < 4.78 is 0. The Bertz CT molecular complexity index is 496. The van der Waals surface area contributed by atoms with E-state index in [2.05, 4.69) is 69.5 Å². The Hall–Kier alpha value is -1.37. The summed E-state index contributed by atoms with van der Waals surface area (Å²) in [6.45, 7) is 20.3. The van der Waals surface area contributed by atoms with E-state index in [4.69, 9.17) is 5.26 Å². The fourth-order valence-electron chi connectivity index (χ4n) is 3.33. The van der Waals surface area contributed by atoms with Crippen molar-refractivity contribution >= 4 is 0 Å². The number of unbranched alkanes of at least 4 members (excludes halogenated alkanes) is 1. The zero-order valence-corrected chi connectivity index (χ0v) is 19.5. The highest BCUT2D eigenvalue weighted by Crippen LogP contribution is 2.11. The monoisotopic (exact) mass is 387 g/mol. The molecule has 0 bridgehead atoms. The van der Waals surface area contributed by atoms with Crippen LogP contribution in [0.15, 0.2) is 24.3 Å². The van der Waals surface area contributed by atoms with Gasteiger partial charge in [-0.2, -0.15) is 5.26 Å². The maximum absolute atomic E-state index is 8.93. The summed E-state index contributed by atoms with van der Waals surface area (Å²) in [5, 5.41) is 8.93. The molecule has 0 radical (unpaired) electrons. The molecule has 0 unspecified atom stereocenters. The Morgan fingerprint density at radius 2 is 1.32 bits per heavy atom. The summed E-state index contributed by atoms with van der Waals surface area (Å²) in [7, 11) is 0. The fraction of sp³-hybridized carbons (Fsp3) is 0.720. The average molecular weight is 388 g/mol. The first kappa shape index (κ1) is 26.6. The molecular weight excluding hydrogens is 342 g/mol.